The summed E-state index contributed by atoms with van der Waals surface area (Å²) in [5, 5.41) is 0.441. The van der Waals surface area contributed by atoms with Gasteiger partial charge >= 0.3 is 5.97 Å². The van der Waals surface area contributed by atoms with Crippen molar-refractivity contribution >= 4 is 46.6 Å². The number of Topliss-reactive ketones (excluding diaryl/α,β-unsaturated/α-hetero) is 1. The summed E-state index contributed by atoms with van der Waals surface area (Å²) in [6, 6.07) is 10.9. The molecule has 2 aromatic carbocycles. The van der Waals surface area contributed by atoms with Gasteiger partial charge in [-0.1, -0.05) is 47.5 Å². The van der Waals surface area contributed by atoms with Crippen molar-refractivity contribution in [3.63, 3.8) is 0 Å². The Morgan fingerprint density at radius 3 is 2.48 bits per heavy atom. The zero-order valence-electron chi connectivity index (χ0n) is 12.2. The Labute approximate surface area is 143 Å². The van der Waals surface area contributed by atoms with Crippen LogP contribution >= 0.6 is 23.2 Å². The second kappa shape index (κ2) is 6.19. The van der Waals surface area contributed by atoms with Crippen LogP contribution in [0.25, 0.3) is 11.6 Å². The maximum absolute atomic E-state index is 12.2. The van der Waals surface area contributed by atoms with Gasteiger partial charge in [-0.2, -0.15) is 0 Å². The SMILES string of the molecule is CC(=O)Oc1c(Cl)cc(/C=C2\C(=O)Cc3ccccc32)cc1Cl. The molecular weight excluding hydrogens is 335 g/mol. The predicted molar refractivity (Wildman–Crippen MR) is 90.8 cm³/mol. The molecule has 116 valence electrons. The van der Waals surface area contributed by atoms with E-state index in [9.17, 15) is 9.59 Å². The lowest BCUT2D eigenvalue weighted by Gasteiger charge is -2.08. The monoisotopic (exact) mass is 346 g/mol. The highest BCUT2D eigenvalue weighted by Crippen LogP contribution is 2.37. The summed E-state index contributed by atoms with van der Waals surface area (Å²) in [5.74, 6) is -0.316. The number of fused-ring (bicyclic) bond motifs is 1. The maximum Gasteiger partial charge on any atom is 0.308 e. The third-order valence-electron chi connectivity index (χ3n) is 3.54. The summed E-state index contributed by atoms with van der Waals surface area (Å²) >= 11 is 12.2. The average Bonchev–Trinajstić information content (AvgIpc) is 2.79. The Hall–Kier alpha value is -2.10. The van der Waals surface area contributed by atoms with E-state index < -0.39 is 5.97 Å². The van der Waals surface area contributed by atoms with E-state index in [0.717, 1.165) is 11.1 Å². The van der Waals surface area contributed by atoms with Crippen molar-refractivity contribution < 1.29 is 14.3 Å². The Balaban J connectivity index is 2.04. The highest BCUT2D eigenvalue weighted by Gasteiger charge is 2.24. The molecule has 2 aromatic rings. The molecule has 0 N–H and O–H groups in total. The highest BCUT2D eigenvalue weighted by atomic mass is 35.5. The van der Waals surface area contributed by atoms with Crippen molar-refractivity contribution in [1.82, 2.24) is 0 Å². The van der Waals surface area contributed by atoms with Gasteiger partial charge in [0, 0.05) is 18.9 Å². The summed E-state index contributed by atoms with van der Waals surface area (Å²) in [6.45, 7) is 1.27. The molecule has 23 heavy (non-hydrogen) atoms. The molecule has 0 spiro atoms. The fourth-order valence-corrected chi connectivity index (χ4v) is 3.17. The first-order valence-corrected chi connectivity index (χ1v) is 7.72. The predicted octanol–water partition coefficient (Wildman–Crippen LogP) is 4.58. The number of benzene rings is 2. The van der Waals surface area contributed by atoms with Crippen molar-refractivity contribution in [2.75, 3.05) is 0 Å². The normalized spacial score (nSPS) is 14.9. The molecule has 1 aliphatic carbocycles. The second-order valence-corrected chi connectivity index (χ2v) is 6.04. The minimum absolute atomic E-state index is 0.0579. The molecule has 1 aliphatic rings. The minimum Gasteiger partial charge on any atom is -0.424 e. The standard InChI is InChI=1S/C18H12Cl2O3/c1-10(21)23-18-15(19)7-11(8-16(18)20)6-14-13-5-3-2-4-12(13)9-17(14)22/h2-8H,9H2,1H3/b14-6-. The van der Waals surface area contributed by atoms with Gasteiger partial charge in [0.25, 0.3) is 0 Å². The lowest BCUT2D eigenvalue weighted by molar-refractivity contribution is -0.131. The quantitative estimate of drug-likeness (QED) is 0.454. The Kier molecular flexibility index (Phi) is 4.24. The van der Waals surface area contributed by atoms with Crippen LogP contribution in [-0.4, -0.2) is 11.8 Å². The topological polar surface area (TPSA) is 43.4 Å². The lowest BCUT2D eigenvalue weighted by atomic mass is 10.0. The molecule has 3 nitrogen and oxygen atoms in total. The number of carbonyl (C=O) groups excluding carboxylic acids is 2. The van der Waals surface area contributed by atoms with Crippen LogP contribution in [-0.2, 0) is 16.0 Å². The number of esters is 1. The van der Waals surface area contributed by atoms with Gasteiger partial charge in [0.2, 0.25) is 0 Å². The number of ketones is 1. The van der Waals surface area contributed by atoms with Gasteiger partial charge in [-0.25, -0.2) is 0 Å². The van der Waals surface area contributed by atoms with Gasteiger partial charge < -0.3 is 4.74 Å². The smallest absolute Gasteiger partial charge is 0.308 e. The van der Waals surface area contributed by atoms with Crippen molar-refractivity contribution in [3.05, 3.63) is 63.1 Å². The molecule has 0 amide bonds. The summed E-state index contributed by atoms with van der Waals surface area (Å²) < 4.78 is 4.99. The molecule has 0 aromatic heterocycles. The first-order chi connectivity index (χ1) is 11.0. The summed E-state index contributed by atoms with van der Waals surface area (Å²) in [6.07, 6.45) is 2.15. The van der Waals surface area contributed by atoms with Crippen LogP contribution in [0, 0.1) is 0 Å². The van der Waals surface area contributed by atoms with E-state index in [1.54, 1.807) is 18.2 Å². The van der Waals surface area contributed by atoms with Gasteiger partial charge in [-0.3, -0.25) is 9.59 Å². The zero-order valence-corrected chi connectivity index (χ0v) is 13.7. The zero-order chi connectivity index (χ0) is 16.6. The molecule has 0 aliphatic heterocycles. The number of hydrogen-bond donors (Lipinski definition) is 0. The van der Waals surface area contributed by atoms with Gasteiger partial charge in [-0.05, 0) is 34.9 Å². The third-order valence-corrected chi connectivity index (χ3v) is 4.10. The van der Waals surface area contributed by atoms with Crippen LogP contribution in [0.2, 0.25) is 10.0 Å². The van der Waals surface area contributed by atoms with Crippen LogP contribution < -0.4 is 4.74 Å². The molecule has 0 heterocycles. The fraction of sp³-hybridized carbons (Fsp3) is 0.111. The molecule has 0 fully saturated rings. The van der Waals surface area contributed by atoms with Crippen molar-refractivity contribution in [1.29, 1.82) is 0 Å². The van der Waals surface area contributed by atoms with Crippen LogP contribution in [0.15, 0.2) is 36.4 Å². The third kappa shape index (κ3) is 3.16. The van der Waals surface area contributed by atoms with E-state index in [2.05, 4.69) is 0 Å². The number of rotatable bonds is 2. The minimum atomic E-state index is -0.500. The number of ether oxygens (including phenoxy) is 1. The van der Waals surface area contributed by atoms with Gasteiger partial charge in [-0.15, -0.1) is 0 Å². The van der Waals surface area contributed by atoms with E-state index in [-0.39, 0.29) is 21.6 Å². The molecule has 0 unspecified atom stereocenters. The van der Waals surface area contributed by atoms with Gasteiger partial charge in [0.1, 0.15) is 0 Å². The molecular formula is C18H12Cl2O3. The molecule has 0 saturated heterocycles. The largest absolute Gasteiger partial charge is 0.424 e. The van der Waals surface area contributed by atoms with Crippen LogP contribution in [0.4, 0.5) is 0 Å². The fourth-order valence-electron chi connectivity index (χ4n) is 2.58. The van der Waals surface area contributed by atoms with Crippen molar-refractivity contribution in [2.45, 2.75) is 13.3 Å². The number of hydrogen-bond acceptors (Lipinski definition) is 3. The molecule has 0 bridgehead atoms. The van der Waals surface area contributed by atoms with Crippen LogP contribution in [0.1, 0.15) is 23.6 Å². The Morgan fingerprint density at radius 1 is 1.17 bits per heavy atom. The maximum atomic E-state index is 12.2. The van der Waals surface area contributed by atoms with Crippen molar-refractivity contribution in [3.8, 4) is 5.75 Å². The van der Waals surface area contributed by atoms with E-state index in [0.29, 0.717) is 17.6 Å². The number of allylic oxidation sites excluding steroid dienone is 1. The molecule has 0 saturated carbocycles. The molecule has 3 rings (SSSR count). The summed E-state index contributed by atoms with van der Waals surface area (Å²) in [5.41, 5.74) is 3.25. The average molecular weight is 347 g/mol. The summed E-state index contributed by atoms with van der Waals surface area (Å²) in [7, 11) is 0. The Bertz CT molecular complexity index is 830. The number of carbonyl (C=O) groups is 2. The van der Waals surface area contributed by atoms with Crippen LogP contribution in [0.5, 0.6) is 5.75 Å². The van der Waals surface area contributed by atoms with E-state index in [1.165, 1.54) is 6.92 Å². The second-order valence-electron chi connectivity index (χ2n) is 5.22. The summed E-state index contributed by atoms with van der Waals surface area (Å²) in [4.78, 5) is 23.3. The van der Waals surface area contributed by atoms with Crippen LogP contribution in [0.3, 0.4) is 0 Å². The molecule has 0 atom stereocenters. The van der Waals surface area contributed by atoms with E-state index >= 15 is 0 Å². The van der Waals surface area contributed by atoms with Gasteiger partial charge in [0.15, 0.2) is 11.5 Å². The van der Waals surface area contributed by atoms with E-state index in [1.807, 2.05) is 24.3 Å². The van der Waals surface area contributed by atoms with Crippen molar-refractivity contribution in [2.24, 2.45) is 0 Å². The first-order valence-electron chi connectivity index (χ1n) is 6.96. The number of halogens is 2. The van der Waals surface area contributed by atoms with Gasteiger partial charge in [0.05, 0.1) is 10.0 Å². The first kappa shape index (κ1) is 15.8. The highest BCUT2D eigenvalue weighted by molar-refractivity contribution is 6.38. The Morgan fingerprint density at radius 2 is 1.83 bits per heavy atom. The molecule has 0 radical (unpaired) electrons. The lowest BCUT2D eigenvalue weighted by Crippen LogP contribution is -2.02. The molecule has 5 heteroatoms. The van der Waals surface area contributed by atoms with E-state index in [4.69, 9.17) is 27.9 Å².